The van der Waals surface area contributed by atoms with Gasteiger partial charge < -0.3 is 19.3 Å². The molecule has 0 rings (SSSR count). The molecule has 308 valence electrons. The van der Waals surface area contributed by atoms with Crippen LogP contribution in [0.15, 0.2) is 12.2 Å². The summed E-state index contributed by atoms with van der Waals surface area (Å²) in [6.07, 6.45) is 43.7. The molecule has 0 saturated heterocycles. The number of phosphoric acid groups is 1. The quantitative estimate of drug-likeness (QED) is 0.0274. The molecule has 2 N–H and O–H groups in total. The number of ether oxygens (including phenoxy) is 2. The fourth-order valence-corrected chi connectivity index (χ4v) is 6.85. The first-order valence-corrected chi connectivity index (χ1v) is 23.5. The summed E-state index contributed by atoms with van der Waals surface area (Å²) in [5.74, 6) is -0.882. The number of allylic oxidation sites excluding steroid dienone is 2. The Morgan fingerprint density at radius 2 is 0.808 bits per heavy atom. The van der Waals surface area contributed by atoms with Gasteiger partial charge in [0, 0.05) is 12.8 Å². The van der Waals surface area contributed by atoms with Gasteiger partial charge in [-0.1, -0.05) is 193 Å². The van der Waals surface area contributed by atoms with Crippen LogP contribution in [-0.2, 0) is 28.2 Å². The molecule has 8 nitrogen and oxygen atoms in total. The van der Waals surface area contributed by atoms with Crippen LogP contribution >= 0.6 is 7.82 Å². The summed E-state index contributed by atoms with van der Waals surface area (Å²) in [6, 6.07) is 0. The Hall–Kier alpha value is -1.21. The number of rotatable bonds is 41. The van der Waals surface area contributed by atoms with Crippen molar-refractivity contribution in [3.8, 4) is 0 Å². The summed E-state index contributed by atoms with van der Waals surface area (Å²) in [7, 11) is -4.75. The minimum absolute atomic E-state index is 0.206. The van der Waals surface area contributed by atoms with Gasteiger partial charge in [0.25, 0.3) is 0 Å². The van der Waals surface area contributed by atoms with Crippen LogP contribution in [-0.4, -0.2) is 41.0 Å². The van der Waals surface area contributed by atoms with Crippen molar-refractivity contribution in [3.63, 3.8) is 0 Å². The van der Waals surface area contributed by atoms with E-state index in [1.165, 1.54) is 148 Å². The molecule has 0 bridgehead atoms. The number of esters is 2. The average Bonchev–Trinajstić information content (AvgIpc) is 3.11. The number of phosphoric ester groups is 1. The lowest BCUT2D eigenvalue weighted by Gasteiger charge is -2.18. The third-order valence-corrected chi connectivity index (χ3v) is 10.3. The lowest BCUT2D eigenvalue weighted by atomic mass is 10.0. The summed E-state index contributed by atoms with van der Waals surface area (Å²) in [4.78, 5) is 42.8. The Morgan fingerprint density at radius 3 is 1.19 bits per heavy atom. The normalized spacial score (nSPS) is 12.5. The molecule has 1 atom stereocenters. The van der Waals surface area contributed by atoms with Gasteiger partial charge in [0.15, 0.2) is 6.10 Å². The van der Waals surface area contributed by atoms with Crippen molar-refractivity contribution in [3.05, 3.63) is 12.2 Å². The van der Waals surface area contributed by atoms with Gasteiger partial charge in [-0.25, -0.2) is 4.57 Å². The Bertz CT molecular complexity index is 858. The van der Waals surface area contributed by atoms with E-state index in [4.69, 9.17) is 19.3 Å². The molecule has 0 aliphatic carbocycles. The second-order valence-electron chi connectivity index (χ2n) is 15.0. The lowest BCUT2D eigenvalue weighted by Crippen LogP contribution is -2.29. The van der Waals surface area contributed by atoms with Crippen LogP contribution in [0.25, 0.3) is 0 Å². The maximum Gasteiger partial charge on any atom is 0.469 e. The number of hydrogen-bond donors (Lipinski definition) is 2. The maximum absolute atomic E-state index is 12.4. The van der Waals surface area contributed by atoms with Crippen LogP contribution in [0, 0.1) is 0 Å². The van der Waals surface area contributed by atoms with E-state index < -0.39 is 32.5 Å². The Labute approximate surface area is 320 Å². The van der Waals surface area contributed by atoms with E-state index in [-0.39, 0.29) is 19.4 Å². The predicted octanol–water partition coefficient (Wildman–Crippen LogP) is 13.4. The fraction of sp³-hybridized carbons (Fsp3) is 0.907. The van der Waals surface area contributed by atoms with Crippen LogP contribution in [0.4, 0.5) is 0 Å². The Kier molecular flexibility index (Phi) is 38.6. The largest absolute Gasteiger partial charge is 0.469 e. The molecule has 0 spiro atoms. The summed E-state index contributed by atoms with van der Waals surface area (Å²) >= 11 is 0. The molecule has 0 heterocycles. The molecule has 0 aliphatic rings. The summed E-state index contributed by atoms with van der Waals surface area (Å²) in [6.45, 7) is 3.69. The lowest BCUT2D eigenvalue weighted by molar-refractivity contribution is -0.161. The van der Waals surface area contributed by atoms with Gasteiger partial charge in [0.2, 0.25) is 0 Å². The van der Waals surface area contributed by atoms with Crippen molar-refractivity contribution in [2.45, 2.75) is 238 Å². The van der Waals surface area contributed by atoms with Gasteiger partial charge in [0.1, 0.15) is 6.61 Å². The van der Waals surface area contributed by atoms with Crippen molar-refractivity contribution in [1.82, 2.24) is 0 Å². The predicted molar refractivity (Wildman–Crippen MR) is 216 cm³/mol. The third-order valence-electron chi connectivity index (χ3n) is 9.78. The minimum Gasteiger partial charge on any atom is -0.462 e. The molecule has 52 heavy (non-hydrogen) atoms. The van der Waals surface area contributed by atoms with Gasteiger partial charge in [0.05, 0.1) is 6.61 Å². The zero-order valence-corrected chi connectivity index (χ0v) is 34.9. The van der Waals surface area contributed by atoms with Crippen LogP contribution in [0.3, 0.4) is 0 Å². The number of hydrogen-bond acceptors (Lipinski definition) is 6. The van der Waals surface area contributed by atoms with Crippen molar-refractivity contribution in [2.75, 3.05) is 13.2 Å². The highest BCUT2D eigenvalue weighted by molar-refractivity contribution is 7.46. The summed E-state index contributed by atoms with van der Waals surface area (Å²) in [5.41, 5.74) is 0. The number of carbonyl (C=O) groups is 2. The topological polar surface area (TPSA) is 119 Å². The zero-order chi connectivity index (χ0) is 38.2. The van der Waals surface area contributed by atoms with Gasteiger partial charge in [-0.2, -0.15) is 0 Å². The van der Waals surface area contributed by atoms with Crippen LogP contribution in [0.1, 0.15) is 232 Å². The second-order valence-corrected chi connectivity index (χ2v) is 16.3. The molecule has 0 aromatic rings. The smallest absolute Gasteiger partial charge is 0.462 e. The van der Waals surface area contributed by atoms with E-state index in [0.29, 0.717) is 6.42 Å². The molecule has 0 aromatic carbocycles. The maximum atomic E-state index is 12.4. The van der Waals surface area contributed by atoms with Crippen LogP contribution in [0.2, 0.25) is 0 Å². The molecule has 0 aliphatic heterocycles. The SMILES string of the molecule is CCCCCC/C=C\CCCCCCCC(=O)O[C@H](COC(=O)CCCCCCCCCCCCCCCCCCCCCCC)COP(=O)(O)O. The molecular formula is C43H83O8P. The van der Waals surface area contributed by atoms with E-state index in [1.54, 1.807) is 0 Å². The first kappa shape index (κ1) is 50.8. The standard InChI is InChI=1S/C43H83O8P/c1-3-5-7-9-11-13-15-17-18-19-20-21-22-23-24-26-27-29-31-33-35-37-42(44)49-39-41(40-50-52(46,47)48)51-43(45)38-36-34-32-30-28-25-16-14-12-10-8-6-4-2/h14,16,41H,3-13,15,17-40H2,1-2H3,(H2,46,47,48)/b16-14-/t41-/m1/s1. The second kappa shape index (κ2) is 39.5. The number of unbranched alkanes of at least 4 members (excludes halogenated alkanes) is 29. The van der Waals surface area contributed by atoms with Crippen LogP contribution in [0.5, 0.6) is 0 Å². The molecule has 0 aromatic heterocycles. The molecular weight excluding hydrogens is 675 g/mol. The molecule has 0 amide bonds. The first-order valence-electron chi connectivity index (χ1n) is 22.0. The summed E-state index contributed by atoms with van der Waals surface area (Å²) in [5, 5.41) is 0. The van der Waals surface area contributed by atoms with Gasteiger partial charge in [-0.05, 0) is 38.5 Å². The first-order chi connectivity index (χ1) is 25.3. The summed E-state index contributed by atoms with van der Waals surface area (Å²) < 4.78 is 26.4. The monoisotopic (exact) mass is 759 g/mol. The molecule has 9 heteroatoms. The van der Waals surface area contributed by atoms with E-state index in [0.717, 1.165) is 51.4 Å². The highest BCUT2D eigenvalue weighted by atomic mass is 31.2. The van der Waals surface area contributed by atoms with E-state index in [9.17, 15) is 14.2 Å². The van der Waals surface area contributed by atoms with E-state index >= 15 is 0 Å². The van der Waals surface area contributed by atoms with Crippen molar-refractivity contribution in [1.29, 1.82) is 0 Å². The van der Waals surface area contributed by atoms with Crippen molar-refractivity contribution < 1.29 is 37.9 Å². The average molecular weight is 759 g/mol. The Morgan fingerprint density at radius 1 is 0.481 bits per heavy atom. The molecule has 0 radical (unpaired) electrons. The van der Waals surface area contributed by atoms with Crippen molar-refractivity contribution in [2.24, 2.45) is 0 Å². The Balaban J connectivity index is 3.81. The number of carbonyl (C=O) groups excluding carboxylic acids is 2. The van der Waals surface area contributed by atoms with E-state index in [1.807, 2.05) is 0 Å². The highest BCUT2D eigenvalue weighted by Gasteiger charge is 2.22. The molecule has 0 saturated carbocycles. The van der Waals surface area contributed by atoms with Gasteiger partial charge in [-0.3, -0.25) is 14.1 Å². The zero-order valence-electron chi connectivity index (χ0n) is 34.0. The molecule has 0 unspecified atom stereocenters. The van der Waals surface area contributed by atoms with Gasteiger partial charge >= 0.3 is 19.8 Å². The third kappa shape index (κ3) is 41.5. The fourth-order valence-electron chi connectivity index (χ4n) is 6.49. The molecule has 0 fully saturated rings. The van der Waals surface area contributed by atoms with E-state index in [2.05, 4.69) is 30.5 Å². The van der Waals surface area contributed by atoms with Crippen molar-refractivity contribution >= 4 is 19.8 Å². The van der Waals surface area contributed by atoms with Crippen LogP contribution < -0.4 is 0 Å². The highest BCUT2D eigenvalue weighted by Crippen LogP contribution is 2.36. The minimum atomic E-state index is -4.75. The van der Waals surface area contributed by atoms with Gasteiger partial charge in [-0.15, -0.1) is 0 Å².